The molecule has 0 radical (unpaired) electrons. The van der Waals surface area contributed by atoms with Crippen molar-refractivity contribution in [3.63, 3.8) is 0 Å². The van der Waals surface area contributed by atoms with Crippen molar-refractivity contribution in [2.75, 3.05) is 20.2 Å². The molecule has 1 aromatic carbocycles. The van der Waals surface area contributed by atoms with Gasteiger partial charge in [0.15, 0.2) is 0 Å². The van der Waals surface area contributed by atoms with Crippen molar-refractivity contribution in [2.24, 2.45) is 5.73 Å². The van der Waals surface area contributed by atoms with Crippen molar-refractivity contribution in [3.05, 3.63) is 29.6 Å². The lowest BCUT2D eigenvalue weighted by Gasteiger charge is -2.06. The van der Waals surface area contributed by atoms with Crippen molar-refractivity contribution in [3.8, 4) is 5.75 Å². The Morgan fingerprint density at radius 2 is 2.29 bits per heavy atom. The van der Waals surface area contributed by atoms with E-state index in [1.54, 1.807) is 12.1 Å². The number of nitrogens with two attached hydrogens (primary N) is 1. The molecule has 0 atom stereocenters. The van der Waals surface area contributed by atoms with Gasteiger partial charge in [-0.25, -0.2) is 4.39 Å². The molecule has 0 aliphatic heterocycles. The molecule has 0 aliphatic carbocycles. The number of carbonyl (C=O) groups is 1. The Kier molecular flexibility index (Phi) is 5.42. The third kappa shape index (κ3) is 4.40. The molecular formula is C12H17FN2O2. The lowest BCUT2D eigenvalue weighted by molar-refractivity contribution is -0.120. The molecule has 1 rings (SSSR count). The summed E-state index contributed by atoms with van der Waals surface area (Å²) in [5.74, 6) is -0.198. The molecule has 0 aromatic heterocycles. The maximum atomic E-state index is 13.5. The lowest BCUT2D eigenvalue weighted by Crippen LogP contribution is -2.27. The van der Waals surface area contributed by atoms with Gasteiger partial charge in [0.1, 0.15) is 11.6 Å². The van der Waals surface area contributed by atoms with Gasteiger partial charge in [0.2, 0.25) is 5.91 Å². The molecule has 0 fully saturated rings. The van der Waals surface area contributed by atoms with E-state index in [0.29, 0.717) is 24.4 Å². The van der Waals surface area contributed by atoms with Gasteiger partial charge in [-0.3, -0.25) is 4.79 Å². The van der Waals surface area contributed by atoms with E-state index in [-0.39, 0.29) is 12.3 Å². The van der Waals surface area contributed by atoms with Crippen LogP contribution < -0.4 is 15.8 Å². The van der Waals surface area contributed by atoms with Crippen LogP contribution in [0.4, 0.5) is 4.39 Å². The molecule has 1 amide bonds. The Morgan fingerprint density at radius 3 is 2.88 bits per heavy atom. The fourth-order valence-corrected chi connectivity index (χ4v) is 1.36. The zero-order valence-corrected chi connectivity index (χ0v) is 9.83. The first-order chi connectivity index (χ1) is 8.17. The molecule has 0 bridgehead atoms. The van der Waals surface area contributed by atoms with Gasteiger partial charge in [0.05, 0.1) is 13.5 Å². The molecule has 1 aromatic rings. The molecule has 4 nitrogen and oxygen atoms in total. The second-order valence-corrected chi connectivity index (χ2v) is 3.63. The minimum absolute atomic E-state index is 0.0282. The highest BCUT2D eigenvalue weighted by atomic mass is 19.1. The Labute approximate surface area is 100.0 Å². The van der Waals surface area contributed by atoms with Gasteiger partial charge in [-0.2, -0.15) is 0 Å². The Bertz CT molecular complexity index is 383. The summed E-state index contributed by atoms with van der Waals surface area (Å²) in [5.41, 5.74) is 5.66. The van der Waals surface area contributed by atoms with Gasteiger partial charge in [0.25, 0.3) is 0 Å². The number of halogens is 1. The van der Waals surface area contributed by atoms with E-state index < -0.39 is 5.82 Å². The summed E-state index contributed by atoms with van der Waals surface area (Å²) in [7, 11) is 1.47. The largest absolute Gasteiger partial charge is 0.497 e. The smallest absolute Gasteiger partial charge is 0.224 e. The number of carbonyl (C=O) groups excluding carboxylic acids is 1. The van der Waals surface area contributed by atoms with Crippen LogP contribution in [0.3, 0.4) is 0 Å². The van der Waals surface area contributed by atoms with Crippen LogP contribution >= 0.6 is 0 Å². The van der Waals surface area contributed by atoms with Gasteiger partial charge >= 0.3 is 0 Å². The molecule has 0 unspecified atom stereocenters. The molecule has 0 aliphatic rings. The molecule has 0 saturated carbocycles. The Hall–Kier alpha value is -1.62. The SMILES string of the molecule is COc1ccc(CC(=O)NCCCN)c(F)c1. The number of rotatable bonds is 6. The van der Waals surface area contributed by atoms with E-state index in [4.69, 9.17) is 10.5 Å². The summed E-state index contributed by atoms with van der Waals surface area (Å²) in [6.45, 7) is 1.05. The van der Waals surface area contributed by atoms with Gasteiger partial charge in [-0.1, -0.05) is 6.07 Å². The number of hydrogen-bond donors (Lipinski definition) is 2. The molecule has 0 heterocycles. The summed E-state index contributed by atoms with van der Waals surface area (Å²) in [4.78, 5) is 11.4. The normalized spacial score (nSPS) is 10.1. The first kappa shape index (κ1) is 13.4. The molecule has 0 spiro atoms. The van der Waals surface area contributed by atoms with E-state index >= 15 is 0 Å². The molecular weight excluding hydrogens is 223 g/mol. The lowest BCUT2D eigenvalue weighted by atomic mass is 10.1. The molecule has 17 heavy (non-hydrogen) atoms. The quantitative estimate of drug-likeness (QED) is 0.724. The average molecular weight is 240 g/mol. The summed E-state index contributed by atoms with van der Waals surface area (Å²) < 4.78 is 18.4. The summed E-state index contributed by atoms with van der Waals surface area (Å²) in [6.07, 6.45) is 0.747. The first-order valence-electron chi connectivity index (χ1n) is 5.46. The highest BCUT2D eigenvalue weighted by molar-refractivity contribution is 5.78. The average Bonchev–Trinajstić information content (AvgIpc) is 2.32. The van der Waals surface area contributed by atoms with Crippen molar-refractivity contribution in [1.82, 2.24) is 5.32 Å². The van der Waals surface area contributed by atoms with Gasteiger partial charge in [-0.05, 0) is 24.6 Å². The van der Waals surface area contributed by atoms with E-state index in [2.05, 4.69) is 5.32 Å². The third-order valence-corrected chi connectivity index (χ3v) is 2.31. The summed E-state index contributed by atoms with van der Waals surface area (Å²) in [5, 5.41) is 2.67. The monoisotopic (exact) mass is 240 g/mol. The van der Waals surface area contributed by atoms with Crippen molar-refractivity contribution in [1.29, 1.82) is 0 Å². The highest BCUT2D eigenvalue weighted by Crippen LogP contribution is 2.16. The standard InChI is InChI=1S/C12H17FN2O2/c1-17-10-4-3-9(11(13)8-10)7-12(16)15-6-2-5-14/h3-4,8H,2,5-7,14H2,1H3,(H,15,16). The van der Waals surface area contributed by atoms with E-state index in [0.717, 1.165) is 6.42 Å². The van der Waals surface area contributed by atoms with Gasteiger partial charge in [-0.15, -0.1) is 0 Å². The first-order valence-corrected chi connectivity index (χ1v) is 5.46. The summed E-state index contributed by atoms with van der Waals surface area (Å²) >= 11 is 0. The number of amides is 1. The highest BCUT2D eigenvalue weighted by Gasteiger charge is 2.08. The van der Waals surface area contributed by atoms with Crippen molar-refractivity contribution < 1.29 is 13.9 Å². The van der Waals surface area contributed by atoms with Crippen LogP contribution in [0.25, 0.3) is 0 Å². The fraction of sp³-hybridized carbons (Fsp3) is 0.417. The third-order valence-electron chi connectivity index (χ3n) is 2.31. The topological polar surface area (TPSA) is 64.3 Å². The number of benzene rings is 1. The number of ether oxygens (including phenoxy) is 1. The number of hydrogen-bond acceptors (Lipinski definition) is 3. The van der Waals surface area contributed by atoms with Crippen LogP contribution in [0, 0.1) is 5.82 Å². The number of methoxy groups -OCH3 is 1. The van der Waals surface area contributed by atoms with Gasteiger partial charge < -0.3 is 15.8 Å². The van der Waals surface area contributed by atoms with Gasteiger partial charge in [0, 0.05) is 12.6 Å². The van der Waals surface area contributed by atoms with Crippen LogP contribution in [0.5, 0.6) is 5.75 Å². The Morgan fingerprint density at radius 1 is 1.53 bits per heavy atom. The van der Waals surface area contributed by atoms with Crippen LogP contribution in [-0.2, 0) is 11.2 Å². The van der Waals surface area contributed by atoms with Crippen molar-refractivity contribution >= 4 is 5.91 Å². The predicted molar refractivity (Wildman–Crippen MR) is 63.3 cm³/mol. The van der Waals surface area contributed by atoms with Crippen LogP contribution in [0.1, 0.15) is 12.0 Å². The van der Waals surface area contributed by atoms with E-state index in [1.807, 2.05) is 0 Å². The molecule has 3 N–H and O–H groups in total. The zero-order chi connectivity index (χ0) is 12.7. The molecule has 94 valence electrons. The van der Waals surface area contributed by atoms with E-state index in [1.165, 1.54) is 13.2 Å². The zero-order valence-electron chi connectivity index (χ0n) is 9.83. The predicted octanol–water partition coefficient (Wildman–Crippen LogP) is 0.842. The van der Waals surface area contributed by atoms with Crippen LogP contribution in [0.2, 0.25) is 0 Å². The summed E-state index contributed by atoms with van der Waals surface area (Å²) in [6, 6.07) is 4.45. The maximum Gasteiger partial charge on any atom is 0.224 e. The minimum atomic E-state index is -0.432. The second kappa shape index (κ2) is 6.85. The Balaban J connectivity index is 2.53. The van der Waals surface area contributed by atoms with E-state index in [9.17, 15) is 9.18 Å². The molecule has 5 heteroatoms. The second-order valence-electron chi connectivity index (χ2n) is 3.63. The molecule has 0 saturated heterocycles. The van der Waals surface area contributed by atoms with Crippen LogP contribution in [0.15, 0.2) is 18.2 Å². The van der Waals surface area contributed by atoms with Crippen molar-refractivity contribution in [2.45, 2.75) is 12.8 Å². The number of nitrogens with one attached hydrogen (secondary N) is 1. The maximum absolute atomic E-state index is 13.5. The fourth-order valence-electron chi connectivity index (χ4n) is 1.36. The van der Waals surface area contributed by atoms with Crippen LogP contribution in [-0.4, -0.2) is 26.1 Å². The minimum Gasteiger partial charge on any atom is -0.497 e.